The Morgan fingerprint density at radius 3 is 2.28 bits per heavy atom. The Hall–Kier alpha value is -3.02. The quantitative estimate of drug-likeness (QED) is 0.839. The number of hydrogen-bond donors (Lipinski definition) is 1. The molecule has 0 saturated carbocycles. The van der Waals surface area contributed by atoms with E-state index in [2.05, 4.69) is 26.1 Å². The van der Waals surface area contributed by atoms with Gasteiger partial charge < -0.3 is 19.7 Å². The van der Waals surface area contributed by atoms with Crippen LogP contribution in [0.3, 0.4) is 0 Å². The number of benzene rings is 2. The lowest BCUT2D eigenvalue weighted by atomic mass is 9.86. The molecule has 0 aliphatic carbocycles. The van der Waals surface area contributed by atoms with Crippen molar-refractivity contribution in [2.24, 2.45) is 0 Å². The van der Waals surface area contributed by atoms with Gasteiger partial charge in [0.25, 0.3) is 5.91 Å². The van der Waals surface area contributed by atoms with E-state index in [1.165, 1.54) is 5.56 Å². The van der Waals surface area contributed by atoms with Gasteiger partial charge in [0, 0.05) is 30.3 Å². The zero-order chi connectivity index (χ0) is 21.2. The molecule has 0 unspecified atom stereocenters. The Morgan fingerprint density at radius 1 is 1.03 bits per heavy atom. The van der Waals surface area contributed by atoms with Crippen molar-refractivity contribution >= 4 is 17.5 Å². The van der Waals surface area contributed by atoms with E-state index in [1.807, 2.05) is 30.3 Å². The largest absolute Gasteiger partial charge is 0.493 e. The van der Waals surface area contributed by atoms with Crippen molar-refractivity contribution < 1.29 is 19.1 Å². The Morgan fingerprint density at radius 2 is 1.69 bits per heavy atom. The number of amides is 2. The molecule has 1 saturated heterocycles. The summed E-state index contributed by atoms with van der Waals surface area (Å²) in [5.74, 6) is 0.957. The minimum absolute atomic E-state index is 0.0345. The maximum Gasteiger partial charge on any atom is 0.251 e. The zero-order valence-electron chi connectivity index (χ0n) is 17.6. The highest BCUT2D eigenvalue weighted by Gasteiger charge is 2.32. The van der Waals surface area contributed by atoms with Crippen molar-refractivity contribution in [2.45, 2.75) is 38.6 Å². The molecular weight excluding hydrogens is 368 g/mol. The molecule has 0 spiro atoms. The molecular formula is C23H28N2O4. The first kappa shape index (κ1) is 20.7. The van der Waals surface area contributed by atoms with Crippen LogP contribution in [0.4, 0.5) is 5.69 Å². The number of nitrogens with one attached hydrogen (secondary N) is 1. The van der Waals surface area contributed by atoms with E-state index in [0.717, 1.165) is 5.69 Å². The predicted molar refractivity (Wildman–Crippen MR) is 113 cm³/mol. The Labute approximate surface area is 171 Å². The van der Waals surface area contributed by atoms with Crippen LogP contribution >= 0.6 is 0 Å². The Balaban J connectivity index is 1.68. The summed E-state index contributed by atoms with van der Waals surface area (Å²) in [5.41, 5.74) is 2.52. The molecule has 6 heteroatoms. The van der Waals surface area contributed by atoms with E-state index in [1.54, 1.807) is 31.3 Å². The molecule has 2 aromatic rings. The van der Waals surface area contributed by atoms with Crippen LogP contribution in [-0.2, 0) is 10.2 Å². The third-order valence-corrected chi connectivity index (χ3v) is 5.15. The smallest absolute Gasteiger partial charge is 0.251 e. The molecule has 2 amide bonds. The summed E-state index contributed by atoms with van der Waals surface area (Å²) in [6, 6.07) is 12.7. The van der Waals surface area contributed by atoms with Crippen molar-refractivity contribution in [3.63, 3.8) is 0 Å². The van der Waals surface area contributed by atoms with Gasteiger partial charge in [0.15, 0.2) is 11.5 Å². The lowest BCUT2D eigenvalue weighted by molar-refractivity contribution is -0.117. The summed E-state index contributed by atoms with van der Waals surface area (Å²) in [5, 5.41) is 2.98. The molecule has 1 aliphatic heterocycles. The van der Waals surface area contributed by atoms with Crippen molar-refractivity contribution in [1.82, 2.24) is 5.32 Å². The van der Waals surface area contributed by atoms with Crippen molar-refractivity contribution in [3.8, 4) is 11.5 Å². The topological polar surface area (TPSA) is 67.9 Å². The van der Waals surface area contributed by atoms with Crippen LogP contribution in [0.1, 0.15) is 43.1 Å². The number of ether oxygens (including phenoxy) is 2. The third-order valence-electron chi connectivity index (χ3n) is 5.15. The Kier molecular flexibility index (Phi) is 5.82. The van der Waals surface area contributed by atoms with Gasteiger partial charge in [0.2, 0.25) is 5.91 Å². The zero-order valence-corrected chi connectivity index (χ0v) is 17.6. The molecule has 1 atom stereocenters. The van der Waals surface area contributed by atoms with Crippen LogP contribution in [0.5, 0.6) is 11.5 Å². The molecule has 2 aromatic carbocycles. The predicted octanol–water partition coefficient (Wildman–Crippen LogP) is 3.54. The van der Waals surface area contributed by atoms with Crippen molar-refractivity contribution in [3.05, 3.63) is 53.6 Å². The average Bonchev–Trinajstić information content (AvgIpc) is 3.06. The van der Waals surface area contributed by atoms with Gasteiger partial charge in [-0.15, -0.1) is 0 Å². The van der Waals surface area contributed by atoms with Gasteiger partial charge in [-0.1, -0.05) is 32.9 Å². The van der Waals surface area contributed by atoms with Gasteiger partial charge in [0.1, 0.15) is 0 Å². The van der Waals surface area contributed by atoms with Crippen LogP contribution in [0.15, 0.2) is 42.5 Å². The second-order valence-corrected chi connectivity index (χ2v) is 8.25. The standard InChI is InChI=1S/C23H28N2O4/c1-23(2,3)16-8-6-15(7-9-16)22(27)24-17-12-21(26)25(14-17)18-10-11-19(28-4)20(13-18)29-5/h6-11,13,17H,12,14H2,1-5H3,(H,24,27)/t17-/m1/s1. The summed E-state index contributed by atoms with van der Waals surface area (Å²) in [4.78, 5) is 26.8. The normalized spacial score (nSPS) is 16.7. The van der Waals surface area contributed by atoms with Crippen LogP contribution in [0, 0.1) is 0 Å². The molecule has 1 aliphatic rings. The van der Waals surface area contributed by atoms with Crippen molar-refractivity contribution in [2.75, 3.05) is 25.7 Å². The lowest BCUT2D eigenvalue weighted by Gasteiger charge is -2.20. The van der Waals surface area contributed by atoms with E-state index in [9.17, 15) is 9.59 Å². The molecule has 1 heterocycles. The average molecular weight is 396 g/mol. The summed E-state index contributed by atoms with van der Waals surface area (Å²) < 4.78 is 10.6. The first-order valence-corrected chi connectivity index (χ1v) is 9.66. The molecule has 3 rings (SSSR count). The van der Waals surface area contributed by atoms with Gasteiger partial charge in [-0.05, 0) is 35.2 Å². The Bertz CT molecular complexity index is 900. The summed E-state index contributed by atoms with van der Waals surface area (Å²) in [7, 11) is 3.12. The molecule has 0 bridgehead atoms. The number of carbonyl (C=O) groups excluding carboxylic acids is 2. The maximum absolute atomic E-state index is 12.6. The van der Waals surface area contributed by atoms with Gasteiger partial charge >= 0.3 is 0 Å². The van der Waals surface area contributed by atoms with Gasteiger partial charge in [-0.3, -0.25) is 9.59 Å². The van der Waals surface area contributed by atoms with E-state index in [4.69, 9.17) is 9.47 Å². The molecule has 6 nitrogen and oxygen atoms in total. The number of methoxy groups -OCH3 is 2. The van der Waals surface area contributed by atoms with Gasteiger partial charge in [0.05, 0.1) is 20.3 Å². The van der Waals surface area contributed by atoms with Crippen LogP contribution < -0.4 is 19.7 Å². The van der Waals surface area contributed by atoms with Crippen LogP contribution in [0.25, 0.3) is 0 Å². The fourth-order valence-corrected chi connectivity index (χ4v) is 3.44. The third kappa shape index (κ3) is 4.53. The SMILES string of the molecule is COc1ccc(N2C[C@H](NC(=O)c3ccc(C(C)(C)C)cc3)CC2=O)cc1OC. The monoisotopic (exact) mass is 396 g/mol. The number of carbonyl (C=O) groups is 2. The second kappa shape index (κ2) is 8.15. The number of nitrogens with zero attached hydrogens (tertiary/aromatic N) is 1. The van der Waals surface area contributed by atoms with Crippen LogP contribution in [-0.4, -0.2) is 38.6 Å². The minimum atomic E-state index is -0.245. The number of anilines is 1. The fraction of sp³-hybridized carbons (Fsp3) is 0.391. The van der Waals surface area contributed by atoms with Crippen LogP contribution in [0.2, 0.25) is 0 Å². The van der Waals surface area contributed by atoms with E-state index < -0.39 is 0 Å². The second-order valence-electron chi connectivity index (χ2n) is 8.25. The highest BCUT2D eigenvalue weighted by Crippen LogP contribution is 2.33. The van der Waals surface area contributed by atoms with Crippen molar-refractivity contribution in [1.29, 1.82) is 0 Å². The molecule has 154 valence electrons. The molecule has 29 heavy (non-hydrogen) atoms. The highest BCUT2D eigenvalue weighted by molar-refractivity contribution is 5.99. The summed E-state index contributed by atoms with van der Waals surface area (Å²) in [6.45, 7) is 6.82. The lowest BCUT2D eigenvalue weighted by Crippen LogP contribution is -2.37. The number of rotatable bonds is 5. The van der Waals surface area contributed by atoms with E-state index in [-0.39, 0.29) is 29.7 Å². The summed E-state index contributed by atoms with van der Waals surface area (Å²) in [6.07, 6.45) is 0.264. The van der Waals surface area contributed by atoms with Gasteiger partial charge in [-0.25, -0.2) is 0 Å². The first-order valence-electron chi connectivity index (χ1n) is 9.66. The molecule has 1 fully saturated rings. The summed E-state index contributed by atoms with van der Waals surface area (Å²) >= 11 is 0. The van der Waals surface area contributed by atoms with E-state index in [0.29, 0.717) is 23.6 Å². The fourth-order valence-electron chi connectivity index (χ4n) is 3.44. The molecule has 1 N–H and O–H groups in total. The van der Waals surface area contributed by atoms with E-state index >= 15 is 0 Å². The highest BCUT2D eigenvalue weighted by atomic mass is 16.5. The number of hydrogen-bond acceptors (Lipinski definition) is 4. The molecule has 0 aromatic heterocycles. The maximum atomic E-state index is 12.6. The van der Waals surface area contributed by atoms with Gasteiger partial charge in [-0.2, -0.15) is 0 Å². The molecule has 0 radical (unpaired) electrons. The minimum Gasteiger partial charge on any atom is -0.493 e. The first-order chi connectivity index (χ1) is 13.7.